The van der Waals surface area contributed by atoms with Gasteiger partial charge in [0.1, 0.15) is 0 Å². The fourth-order valence-electron chi connectivity index (χ4n) is 2.37. The Kier molecular flexibility index (Phi) is 3.71. The summed E-state index contributed by atoms with van der Waals surface area (Å²) in [4.78, 5) is 11.8. The average molecular weight is 246 g/mol. The Morgan fingerprint density at radius 1 is 1.33 bits per heavy atom. The molecule has 1 aliphatic heterocycles. The molecule has 3 nitrogen and oxygen atoms in total. The maximum atomic E-state index is 11.8. The summed E-state index contributed by atoms with van der Waals surface area (Å²) in [5, 5.41) is 6.36. The third-order valence-corrected chi connectivity index (χ3v) is 3.12. The largest absolute Gasteiger partial charge is 0.351 e. The predicted octanol–water partition coefficient (Wildman–Crippen LogP) is 2.14. The molecule has 0 aromatic heterocycles. The first-order valence-corrected chi connectivity index (χ1v) is 6.57. The van der Waals surface area contributed by atoms with E-state index in [-0.39, 0.29) is 11.4 Å². The van der Waals surface area contributed by atoms with Crippen LogP contribution in [0.1, 0.15) is 43.9 Å². The van der Waals surface area contributed by atoms with Crippen molar-refractivity contribution in [3.05, 3.63) is 34.9 Å². The lowest BCUT2D eigenvalue weighted by Gasteiger charge is -2.20. The van der Waals surface area contributed by atoms with Crippen LogP contribution in [-0.4, -0.2) is 11.4 Å². The fourth-order valence-corrected chi connectivity index (χ4v) is 2.37. The third-order valence-electron chi connectivity index (χ3n) is 3.12. The smallest absolute Gasteiger partial charge is 0.220 e. The van der Waals surface area contributed by atoms with E-state index >= 15 is 0 Å². The van der Waals surface area contributed by atoms with E-state index < -0.39 is 0 Å². The zero-order valence-corrected chi connectivity index (χ0v) is 11.5. The molecule has 1 aliphatic rings. The Morgan fingerprint density at radius 3 is 2.83 bits per heavy atom. The predicted molar refractivity (Wildman–Crippen MR) is 73.2 cm³/mol. The molecule has 98 valence electrons. The molecule has 0 unspecified atom stereocenters. The highest BCUT2D eigenvalue weighted by Crippen LogP contribution is 2.20. The Balaban J connectivity index is 1.95. The van der Waals surface area contributed by atoms with Crippen LogP contribution < -0.4 is 10.6 Å². The summed E-state index contributed by atoms with van der Waals surface area (Å²) in [6.45, 7) is 7.92. The fraction of sp³-hybridized carbons (Fsp3) is 0.533. The Morgan fingerprint density at radius 2 is 2.11 bits per heavy atom. The van der Waals surface area contributed by atoms with Crippen LogP contribution in [0.4, 0.5) is 0 Å². The SMILES string of the molecule is CC(C)(C)NC(=O)CCc1cccc2c1CNC2. The van der Waals surface area contributed by atoms with E-state index in [1.165, 1.54) is 16.7 Å². The lowest BCUT2D eigenvalue weighted by molar-refractivity contribution is -0.122. The molecule has 1 aromatic rings. The van der Waals surface area contributed by atoms with Crippen molar-refractivity contribution in [2.45, 2.75) is 52.2 Å². The van der Waals surface area contributed by atoms with Gasteiger partial charge in [-0.25, -0.2) is 0 Å². The number of amides is 1. The standard InChI is InChI=1S/C15H22N2O/c1-15(2,3)17-14(18)8-7-11-5-4-6-12-9-16-10-13(11)12/h4-6,16H,7-10H2,1-3H3,(H,17,18). The molecule has 1 amide bonds. The van der Waals surface area contributed by atoms with Gasteiger partial charge in [0, 0.05) is 25.0 Å². The maximum Gasteiger partial charge on any atom is 0.220 e. The molecule has 1 heterocycles. The van der Waals surface area contributed by atoms with Crippen LogP contribution in [0, 0.1) is 0 Å². The second-order valence-electron chi connectivity index (χ2n) is 5.96. The number of aryl methyl sites for hydroxylation is 1. The molecule has 2 rings (SSSR count). The molecule has 0 bridgehead atoms. The van der Waals surface area contributed by atoms with Crippen LogP contribution in [0.2, 0.25) is 0 Å². The minimum absolute atomic E-state index is 0.131. The van der Waals surface area contributed by atoms with E-state index in [2.05, 4.69) is 28.8 Å². The lowest BCUT2D eigenvalue weighted by Crippen LogP contribution is -2.40. The number of nitrogens with one attached hydrogen (secondary N) is 2. The molecule has 0 saturated carbocycles. The molecular weight excluding hydrogens is 224 g/mol. The van der Waals surface area contributed by atoms with Gasteiger partial charge >= 0.3 is 0 Å². The van der Waals surface area contributed by atoms with Crippen molar-refractivity contribution in [1.82, 2.24) is 10.6 Å². The van der Waals surface area contributed by atoms with Crippen molar-refractivity contribution in [1.29, 1.82) is 0 Å². The van der Waals surface area contributed by atoms with Crippen LogP contribution in [-0.2, 0) is 24.3 Å². The van der Waals surface area contributed by atoms with E-state index in [9.17, 15) is 4.79 Å². The number of rotatable bonds is 3. The van der Waals surface area contributed by atoms with Crippen LogP contribution >= 0.6 is 0 Å². The molecule has 0 saturated heterocycles. The molecule has 2 N–H and O–H groups in total. The van der Waals surface area contributed by atoms with Crippen molar-refractivity contribution in [3.8, 4) is 0 Å². The molecule has 0 atom stereocenters. The Labute approximate surface area is 109 Å². The van der Waals surface area contributed by atoms with E-state index in [0.29, 0.717) is 6.42 Å². The lowest BCUT2D eigenvalue weighted by atomic mass is 9.99. The molecular formula is C15H22N2O. The average Bonchev–Trinajstić information content (AvgIpc) is 2.72. The topological polar surface area (TPSA) is 41.1 Å². The van der Waals surface area contributed by atoms with Gasteiger partial charge in [-0.15, -0.1) is 0 Å². The van der Waals surface area contributed by atoms with E-state index in [4.69, 9.17) is 0 Å². The van der Waals surface area contributed by atoms with E-state index in [1.54, 1.807) is 0 Å². The number of carbonyl (C=O) groups excluding carboxylic acids is 1. The van der Waals surface area contributed by atoms with Gasteiger partial charge < -0.3 is 10.6 Å². The molecule has 3 heteroatoms. The summed E-state index contributed by atoms with van der Waals surface area (Å²) in [6, 6.07) is 6.38. The minimum atomic E-state index is -0.142. The zero-order valence-electron chi connectivity index (χ0n) is 11.5. The second-order valence-corrected chi connectivity index (χ2v) is 5.96. The van der Waals surface area contributed by atoms with Gasteiger partial charge in [-0.1, -0.05) is 18.2 Å². The first-order chi connectivity index (χ1) is 8.46. The highest BCUT2D eigenvalue weighted by atomic mass is 16.1. The van der Waals surface area contributed by atoms with Crippen molar-refractivity contribution in [2.75, 3.05) is 0 Å². The van der Waals surface area contributed by atoms with Gasteiger partial charge in [0.05, 0.1) is 0 Å². The van der Waals surface area contributed by atoms with Crippen molar-refractivity contribution < 1.29 is 4.79 Å². The summed E-state index contributed by atoms with van der Waals surface area (Å²) in [5.74, 6) is 0.131. The first kappa shape index (κ1) is 13.1. The third kappa shape index (κ3) is 3.33. The first-order valence-electron chi connectivity index (χ1n) is 6.57. The summed E-state index contributed by atoms with van der Waals surface area (Å²) in [7, 11) is 0. The van der Waals surface area contributed by atoms with Gasteiger partial charge in [-0.2, -0.15) is 0 Å². The maximum absolute atomic E-state index is 11.8. The number of carbonyl (C=O) groups is 1. The summed E-state index contributed by atoms with van der Waals surface area (Å²) >= 11 is 0. The number of fused-ring (bicyclic) bond motifs is 1. The van der Waals surface area contributed by atoms with E-state index in [0.717, 1.165) is 19.5 Å². The van der Waals surface area contributed by atoms with Gasteiger partial charge in [0.2, 0.25) is 5.91 Å². The molecule has 18 heavy (non-hydrogen) atoms. The number of hydrogen-bond donors (Lipinski definition) is 2. The molecule has 1 aromatic carbocycles. The van der Waals surface area contributed by atoms with E-state index in [1.807, 2.05) is 20.8 Å². The quantitative estimate of drug-likeness (QED) is 0.858. The molecule has 0 radical (unpaired) electrons. The molecule has 0 spiro atoms. The summed E-state index contributed by atoms with van der Waals surface area (Å²) in [6.07, 6.45) is 1.39. The highest BCUT2D eigenvalue weighted by Gasteiger charge is 2.16. The molecule has 0 aliphatic carbocycles. The van der Waals surface area contributed by atoms with Crippen LogP contribution in [0.3, 0.4) is 0 Å². The van der Waals surface area contributed by atoms with Gasteiger partial charge in [0.25, 0.3) is 0 Å². The minimum Gasteiger partial charge on any atom is -0.351 e. The van der Waals surface area contributed by atoms with Gasteiger partial charge in [0.15, 0.2) is 0 Å². The van der Waals surface area contributed by atoms with Crippen LogP contribution in [0.15, 0.2) is 18.2 Å². The molecule has 0 fully saturated rings. The Bertz CT molecular complexity index is 446. The summed E-state index contributed by atoms with van der Waals surface area (Å²) in [5.41, 5.74) is 3.93. The van der Waals surface area contributed by atoms with Crippen LogP contribution in [0.25, 0.3) is 0 Å². The Hall–Kier alpha value is -1.35. The van der Waals surface area contributed by atoms with Crippen molar-refractivity contribution in [3.63, 3.8) is 0 Å². The number of benzene rings is 1. The highest BCUT2D eigenvalue weighted by molar-refractivity contribution is 5.77. The van der Waals surface area contributed by atoms with Crippen LogP contribution in [0.5, 0.6) is 0 Å². The zero-order chi connectivity index (χ0) is 13.2. The van der Waals surface area contributed by atoms with Crippen molar-refractivity contribution in [2.24, 2.45) is 0 Å². The monoisotopic (exact) mass is 246 g/mol. The van der Waals surface area contributed by atoms with Crippen molar-refractivity contribution >= 4 is 5.91 Å². The number of hydrogen-bond acceptors (Lipinski definition) is 2. The van der Waals surface area contributed by atoms with Gasteiger partial charge in [-0.3, -0.25) is 4.79 Å². The summed E-state index contributed by atoms with van der Waals surface area (Å²) < 4.78 is 0. The normalized spacial score (nSPS) is 14.4. The second kappa shape index (κ2) is 5.11. The van der Waals surface area contributed by atoms with Gasteiger partial charge in [-0.05, 0) is 43.9 Å².